The molecule has 0 spiro atoms. The fourth-order valence-corrected chi connectivity index (χ4v) is 1.86. The van der Waals surface area contributed by atoms with Gasteiger partial charge in [-0.25, -0.2) is 9.97 Å². The highest BCUT2D eigenvalue weighted by Crippen LogP contribution is 2.30. The van der Waals surface area contributed by atoms with E-state index in [2.05, 4.69) is 15.0 Å². The molecule has 0 amide bonds. The molecule has 0 unspecified atom stereocenters. The van der Waals surface area contributed by atoms with E-state index in [9.17, 15) is 10.1 Å². The van der Waals surface area contributed by atoms with Gasteiger partial charge in [-0.05, 0) is 37.6 Å². The Bertz CT molecular complexity index is 630. The molecule has 0 atom stereocenters. The van der Waals surface area contributed by atoms with E-state index in [4.69, 9.17) is 11.6 Å². The zero-order valence-electron chi connectivity index (χ0n) is 9.72. The SMILES string of the molecule is Cc1cc(-c2nc(Cl)nc(C)c2[N+](=O)[O-])ccn1. The molecule has 2 aromatic heterocycles. The standard InChI is InChI=1S/C11H9ClN4O2/c1-6-5-8(3-4-13-6)9-10(16(17)18)7(2)14-11(12)15-9/h3-5H,1-2H3. The van der Waals surface area contributed by atoms with E-state index in [1.54, 1.807) is 25.3 Å². The molecule has 18 heavy (non-hydrogen) atoms. The maximum absolute atomic E-state index is 11.1. The van der Waals surface area contributed by atoms with Gasteiger partial charge >= 0.3 is 5.69 Å². The van der Waals surface area contributed by atoms with E-state index in [1.807, 2.05) is 0 Å². The first-order valence-corrected chi connectivity index (χ1v) is 5.48. The fourth-order valence-electron chi connectivity index (χ4n) is 1.65. The Morgan fingerprint density at radius 2 is 2.06 bits per heavy atom. The summed E-state index contributed by atoms with van der Waals surface area (Å²) in [5.41, 5.74) is 1.66. The van der Waals surface area contributed by atoms with Crippen LogP contribution in [0.2, 0.25) is 5.28 Å². The molecule has 2 heterocycles. The van der Waals surface area contributed by atoms with Gasteiger partial charge in [0.15, 0.2) is 5.69 Å². The number of halogens is 1. The topological polar surface area (TPSA) is 81.8 Å². The largest absolute Gasteiger partial charge is 0.316 e. The van der Waals surface area contributed by atoms with Crippen LogP contribution in [0, 0.1) is 24.0 Å². The Labute approximate surface area is 108 Å². The molecule has 0 bridgehead atoms. The Kier molecular flexibility index (Phi) is 3.20. The Hall–Kier alpha value is -2.08. The summed E-state index contributed by atoms with van der Waals surface area (Å²) in [6.07, 6.45) is 1.57. The molecule has 0 aliphatic carbocycles. The highest BCUT2D eigenvalue weighted by Gasteiger charge is 2.22. The molecule has 0 aliphatic heterocycles. The van der Waals surface area contributed by atoms with E-state index < -0.39 is 4.92 Å². The Balaban J connectivity index is 2.73. The third-order valence-corrected chi connectivity index (χ3v) is 2.55. The van der Waals surface area contributed by atoms with Crippen molar-refractivity contribution >= 4 is 17.3 Å². The minimum atomic E-state index is -0.503. The summed E-state index contributed by atoms with van der Waals surface area (Å²) in [5, 5.41) is 11.1. The summed E-state index contributed by atoms with van der Waals surface area (Å²) in [6.45, 7) is 3.33. The second-order valence-electron chi connectivity index (χ2n) is 3.72. The molecular formula is C11H9ClN4O2. The van der Waals surface area contributed by atoms with Crippen molar-refractivity contribution in [2.24, 2.45) is 0 Å². The van der Waals surface area contributed by atoms with Crippen molar-refractivity contribution in [3.8, 4) is 11.3 Å². The van der Waals surface area contributed by atoms with Crippen molar-refractivity contribution in [2.45, 2.75) is 13.8 Å². The molecule has 7 heteroatoms. The number of hydrogen-bond donors (Lipinski definition) is 0. The summed E-state index contributed by atoms with van der Waals surface area (Å²) >= 11 is 5.76. The van der Waals surface area contributed by atoms with Gasteiger partial charge in [0.05, 0.1) is 4.92 Å². The quantitative estimate of drug-likeness (QED) is 0.473. The Morgan fingerprint density at radius 1 is 1.33 bits per heavy atom. The molecule has 0 N–H and O–H groups in total. The van der Waals surface area contributed by atoms with Crippen molar-refractivity contribution in [1.82, 2.24) is 15.0 Å². The van der Waals surface area contributed by atoms with E-state index >= 15 is 0 Å². The second-order valence-corrected chi connectivity index (χ2v) is 4.06. The van der Waals surface area contributed by atoms with Crippen LogP contribution in [0.15, 0.2) is 18.3 Å². The minimum Gasteiger partial charge on any atom is -0.262 e. The van der Waals surface area contributed by atoms with Gasteiger partial charge in [0, 0.05) is 17.5 Å². The first-order chi connectivity index (χ1) is 8.49. The molecule has 0 aromatic carbocycles. The molecule has 6 nitrogen and oxygen atoms in total. The zero-order valence-corrected chi connectivity index (χ0v) is 10.5. The number of pyridine rings is 1. The predicted octanol–water partition coefficient (Wildman–Crippen LogP) is 2.72. The summed E-state index contributed by atoms with van der Waals surface area (Å²) in [5.74, 6) is 0. The molecule has 0 saturated carbocycles. The van der Waals surface area contributed by atoms with Gasteiger partial charge < -0.3 is 0 Å². The van der Waals surface area contributed by atoms with Crippen molar-refractivity contribution < 1.29 is 4.92 Å². The van der Waals surface area contributed by atoms with E-state index in [0.717, 1.165) is 5.69 Å². The van der Waals surface area contributed by atoms with Crippen LogP contribution in [-0.4, -0.2) is 19.9 Å². The van der Waals surface area contributed by atoms with Crippen LogP contribution >= 0.6 is 11.6 Å². The number of aryl methyl sites for hydroxylation is 2. The van der Waals surface area contributed by atoms with Gasteiger partial charge in [-0.3, -0.25) is 15.1 Å². The summed E-state index contributed by atoms with van der Waals surface area (Å²) in [4.78, 5) is 22.4. The van der Waals surface area contributed by atoms with Crippen molar-refractivity contribution in [1.29, 1.82) is 0 Å². The van der Waals surface area contributed by atoms with Gasteiger partial charge in [0.25, 0.3) is 0 Å². The van der Waals surface area contributed by atoms with Gasteiger partial charge in [0.1, 0.15) is 5.69 Å². The summed E-state index contributed by atoms with van der Waals surface area (Å²) < 4.78 is 0. The highest BCUT2D eigenvalue weighted by atomic mass is 35.5. The first-order valence-electron chi connectivity index (χ1n) is 5.10. The fraction of sp³-hybridized carbons (Fsp3) is 0.182. The number of nitro groups is 1. The molecule has 2 aromatic rings. The van der Waals surface area contributed by atoms with E-state index in [0.29, 0.717) is 5.56 Å². The molecule has 0 saturated heterocycles. The average Bonchev–Trinajstić information content (AvgIpc) is 2.27. The van der Waals surface area contributed by atoms with Crippen LogP contribution in [0.5, 0.6) is 0 Å². The summed E-state index contributed by atoms with van der Waals surface area (Å²) in [6, 6.07) is 3.36. The third kappa shape index (κ3) is 2.28. The van der Waals surface area contributed by atoms with E-state index in [1.165, 1.54) is 6.92 Å². The molecule has 0 radical (unpaired) electrons. The average molecular weight is 265 g/mol. The predicted molar refractivity (Wildman–Crippen MR) is 66.4 cm³/mol. The van der Waals surface area contributed by atoms with Crippen LogP contribution in [0.25, 0.3) is 11.3 Å². The molecule has 0 fully saturated rings. The van der Waals surface area contributed by atoms with Gasteiger partial charge in [0.2, 0.25) is 5.28 Å². The lowest BCUT2D eigenvalue weighted by molar-refractivity contribution is -0.385. The second kappa shape index (κ2) is 4.66. The lowest BCUT2D eigenvalue weighted by atomic mass is 10.1. The van der Waals surface area contributed by atoms with Crippen LogP contribution in [0.4, 0.5) is 5.69 Å². The first kappa shape index (κ1) is 12.4. The van der Waals surface area contributed by atoms with Crippen molar-refractivity contribution in [3.05, 3.63) is 45.1 Å². The minimum absolute atomic E-state index is 0.0115. The summed E-state index contributed by atoms with van der Waals surface area (Å²) in [7, 11) is 0. The van der Waals surface area contributed by atoms with Crippen LogP contribution in [0.1, 0.15) is 11.4 Å². The monoisotopic (exact) mass is 264 g/mol. The van der Waals surface area contributed by atoms with Gasteiger partial charge in [-0.2, -0.15) is 0 Å². The molecule has 0 aliphatic rings. The van der Waals surface area contributed by atoms with Crippen molar-refractivity contribution in [2.75, 3.05) is 0 Å². The van der Waals surface area contributed by atoms with Gasteiger partial charge in [-0.1, -0.05) is 0 Å². The highest BCUT2D eigenvalue weighted by molar-refractivity contribution is 6.28. The van der Waals surface area contributed by atoms with Crippen LogP contribution < -0.4 is 0 Å². The van der Waals surface area contributed by atoms with E-state index in [-0.39, 0.29) is 22.4 Å². The number of hydrogen-bond acceptors (Lipinski definition) is 5. The maximum atomic E-state index is 11.1. The number of rotatable bonds is 2. The third-order valence-electron chi connectivity index (χ3n) is 2.38. The lowest BCUT2D eigenvalue weighted by Crippen LogP contribution is -2.01. The number of nitrogens with zero attached hydrogens (tertiary/aromatic N) is 4. The lowest BCUT2D eigenvalue weighted by Gasteiger charge is -2.05. The zero-order chi connectivity index (χ0) is 13.3. The Morgan fingerprint density at radius 3 is 2.67 bits per heavy atom. The van der Waals surface area contributed by atoms with Crippen molar-refractivity contribution in [3.63, 3.8) is 0 Å². The van der Waals surface area contributed by atoms with Gasteiger partial charge in [-0.15, -0.1) is 0 Å². The van der Waals surface area contributed by atoms with Crippen LogP contribution in [0.3, 0.4) is 0 Å². The van der Waals surface area contributed by atoms with Crippen LogP contribution in [-0.2, 0) is 0 Å². The number of aromatic nitrogens is 3. The molecule has 92 valence electrons. The normalized spacial score (nSPS) is 10.4. The molecule has 2 rings (SSSR count). The smallest absolute Gasteiger partial charge is 0.262 e. The maximum Gasteiger partial charge on any atom is 0.316 e. The molecular weight excluding hydrogens is 256 g/mol.